The van der Waals surface area contributed by atoms with E-state index in [9.17, 15) is 4.79 Å². The Hall–Kier alpha value is -2.20. The molecule has 0 saturated heterocycles. The third-order valence-electron chi connectivity index (χ3n) is 4.86. The van der Waals surface area contributed by atoms with Gasteiger partial charge in [-0.05, 0) is 62.4 Å². The summed E-state index contributed by atoms with van der Waals surface area (Å²) in [5.41, 5.74) is 4.99. The third kappa shape index (κ3) is 2.42. The Morgan fingerprint density at radius 3 is 2.92 bits per heavy atom. The summed E-state index contributed by atoms with van der Waals surface area (Å²) in [5, 5.41) is 3.08. The molecule has 0 aliphatic carbocycles. The lowest BCUT2D eigenvalue weighted by Crippen LogP contribution is -2.38. The second-order valence-corrected chi connectivity index (χ2v) is 7.56. The molecule has 24 heavy (non-hydrogen) atoms. The van der Waals surface area contributed by atoms with E-state index >= 15 is 0 Å². The number of benzene rings is 1. The fourth-order valence-electron chi connectivity index (χ4n) is 3.59. The highest BCUT2D eigenvalue weighted by Gasteiger charge is 2.29. The maximum absolute atomic E-state index is 13.3. The smallest absolute Gasteiger partial charge is 0.255 e. The first-order chi connectivity index (χ1) is 11.5. The Morgan fingerprint density at radius 2 is 2.08 bits per heavy atom. The Bertz CT molecular complexity index is 944. The van der Waals surface area contributed by atoms with Gasteiger partial charge in [0.2, 0.25) is 0 Å². The monoisotopic (exact) mass is 336 g/mol. The number of hydrogen-bond acceptors (Lipinski definition) is 3. The van der Waals surface area contributed by atoms with Crippen LogP contribution in [0, 0.1) is 13.8 Å². The Kier molecular flexibility index (Phi) is 3.65. The molecule has 0 fully saturated rings. The van der Waals surface area contributed by atoms with Crippen LogP contribution in [-0.4, -0.2) is 22.3 Å². The van der Waals surface area contributed by atoms with Crippen LogP contribution in [0.5, 0.6) is 0 Å². The molecule has 0 bridgehead atoms. The maximum atomic E-state index is 13.3. The predicted octanol–water partition coefficient (Wildman–Crippen LogP) is 4.67. The number of rotatable bonds is 1. The van der Waals surface area contributed by atoms with Crippen LogP contribution in [0.2, 0.25) is 0 Å². The lowest BCUT2D eigenvalue weighted by Gasteiger charge is -2.34. The SMILES string of the molecule is Cc1ccc2nc(C)cc(C(=O)N3CCc4sccc4C3C)c2c1. The van der Waals surface area contributed by atoms with E-state index in [2.05, 4.69) is 36.3 Å². The van der Waals surface area contributed by atoms with Crippen molar-refractivity contribution < 1.29 is 4.79 Å². The number of pyridine rings is 1. The predicted molar refractivity (Wildman–Crippen MR) is 98.7 cm³/mol. The molecule has 4 heteroatoms. The van der Waals surface area contributed by atoms with E-state index in [0.29, 0.717) is 0 Å². The van der Waals surface area contributed by atoms with E-state index in [1.54, 1.807) is 11.3 Å². The molecular formula is C20H20N2OS. The van der Waals surface area contributed by atoms with Gasteiger partial charge < -0.3 is 4.90 Å². The fraction of sp³-hybridized carbons (Fsp3) is 0.300. The summed E-state index contributed by atoms with van der Waals surface area (Å²) < 4.78 is 0. The first kappa shape index (κ1) is 15.3. The van der Waals surface area contributed by atoms with Gasteiger partial charge in [0.1, 0.15) is 0 Å². The Balaban J connectivity index is 1.80. The zero-order valence-corrected chi connectivity index (χ0v) is 15.0. The number of amides is 1. The zero-order chi connectivity index (χ0) is 16.8. The van der Waals surface area contributed by atoms with Gasteiger partial charge in [-0.1, -0.05) is 11.6 Å². The second-order valence-electron chi connectivity index (χ2n) is 6.56. The van der Waals surface area contributed by atoms with Gasteiger partial charge in [-0.15, -0.1) is 11.3 Å². The lowest BCUT2D eigenvalue weighted by molar-refractivity contribution is 0.0681. The highest BCUT2D eigenvalue weighted by Crippen LogP contribution is 2.34. The Morgan fingerprint density at radius 1 is 1.25 bits per heavy atom. The van der Waals surface area contributed by atoms with Crippen LogP contribution in [0.3, 0.4) is 0 Å². The number of aryl methyl sites for hydroxylation is 2. The van der Waals surface area contributed by atoms with Crippen molar-refractivity contribution in [1.29, 1.82) is 0 Å². The molecule has 1 aliphatic rings. The van der Waals surface area contributed by atoms with Crippen LogP contribution in [0.15, 0.2) is 35.7 Å². The van der Waals surface area contributed by atoms with Gasteiger partial charge in [-0.25, -0.2) is 0 Å². The van der Waals surface area contributed by atoms with Crippen molar-refractivity contribution in [2.45, 2.75) is 33.2 Å². The minimum Gasteiger partial charge on any atom is -0.331 e. The van der Waals surface area contributed by atoms with Crippen LogP contribution >= 0.6 is 11.3 Å². The summed E-state index contributed by atoms with van der Waals surface area (Å²) in [6, 6.07) is 10.3. The van der Waals surface area contributed by atoms with Crippen LogP contribution in [0.4, 0.5) is 0 Å². The van der Waals surface area contributed by atoms with Crippen molar-refractivity contribution in [3.8, 4) is 0 Å². The summed E-state index contributed by atoms with van der Waals surface area (Å²) >= 11 is 1.80. The quantitative estimate of drug-likeness (QED) is 0.647. The molecule has 2 aromatic heterocycles. The largest absolute Gasteiger partial charge is 0.331 e. The van der Waals surface area contributed by atoms with Crippen molar-refractivity contribution in [2.24, 2.45) is 0 Å². The topological polar surface area (TPSA) is 33.2 Å². The van der Waals surface area contributed by atoms with Crippen molar-refractivity contribution in [1.82, 2.24) is 9.88 Å². The number of fused-ring (bicyclic) bond motifs is 2. The molecule has 1 aromatic carbocycles. The summed E-state index contributed by atoms with van der Waals surface area (Å²) in [5.74, 6) is 0.112. The minimum atomic E-state index is 0.112. The number of aromatic nitrogens is 1. The van der Waals surface area contributed by atoms with Gasteiger partial charge in [0.15, 0.2) is 0 Å². The molecule has 0 saturated carbocycles. The number of carbonyl (C=O) groups is 1. The standard InChI is InChI=1S/C20H20N2OS/c1-12-4-5-18-16(10-12)17(11-13(2)21-18)20(23)22-8-6-19-15(14(22)3)7-9-24-19/h4-5,7,9-11,14H,6,8H2,1-3H3. The molecule has 1 atom stereocenters. The van der Waals surface area contributed by atoms with Gasteiger partial charge in [0, 0.05) is 22.5 Å². The average Bonchev–Trinajstić information content (AvgIpc) is 3.04. The summed E-state index contributed by atoms with van der Waals surface area (Å²) in [6.07, 6.45) is 0.949. The number of hydrogen-bond donors (Lipinski definition) is 0. The third-order valence-corrected chi connectivity index (χ3v) is 5.86. The van der Waals surface area contributed by atoms with Crippen LogP contribution < -0.4 is 0 Å². The summed E-state index contributed by atoms with van der Waals surface area (Å²) in [6.45, 7) is 6.91. The molecule has 1 aliphatic heterocycles. The number of carbonyl (C=O) groups excluding carboxylic acids is 1. The molecule has 3 nitrogen and oxygen atoms in total. The molecule has 3 heterocycles. The van der Waals surface area contributed by atoms with Crippen molar-refractivity contribution >= 4 is 28.1 Å². The molecule has 0 N–H and O–H groups in total. The molecule has 0 spiro atoms. The van der Waals surface area contributed by atoms with Gasteiger partial charge in [-0.3, -0.25) is 9.78 Å². The van der Waals surface area contributed by atoms with Crippen molar-refractivity contribution in [3.05, 3.63) is 63.0 Å². The van der Waals surface area contributed by atoms with Crippen molar-refractivity contribution in [2.75, 3.05) is 6.54 Å². The van der Waals surface area contributed by atoms with Gasteiger partial charge in [-0.2, -0.15) is 0 Å². The summed E-state index contributed by atoms with van der Waals surface area (Å²) in [7, 11) is 0. The highest BCUT2D eigenvalue weighted by atomic mass is 32.1. The first-order valence-electron chi connectivity index (χ1n) is 8.30. The van der Waals surface area contributed by atoms with Crippen LogP contribution in [-0.2, 0) is 6.42 Å². The average molecular weight is 336 g/mol. The van der Waals surface area contributed by atoms with Crippen molar-refractivity contribution in [3.63, 3.8) is 0 Å². The van der Waals surface area contributed by atoms with E-state index in [4.69, 9.17) is 0 Å². The molecule has 0 radical (unpaired) electrons. The van der Waals surface area contributed by atoms with Crippen LogP contribution in [0.25, 0.3) is 10.9 Å². The minimum absolute atomic E-state index is 0.112. The molecule has 1 amide bonds. The zero-order valence-electron chi connectivity index (χ0n) is 14.2. The fourth-order valence-corrected chi connectivity index (χ4v) is 4.55. The number of nitrogens with zero attached hydrogens (tertiary/aromatic N) is 2. The lowest BCUT2D eigenvalue weighted by atomic mass is 9.98. The molecule has 4 rings (SSSR count). The van der Waals surface area contributed by atoms with E-state index in [0.717, 1.165) is 40.7 Å². The highest BCUT2D eigenvalue weighted by molar-refractivity contribution is 7.10. The van der Waals surface area contributed by atoms with Gasteiger partial charge in [0.05, 0.1) is 17.1 Å². The van der Waals surface area contributed by atoms with Gasteiger partial charge in [0.25, 0.3) is 5.91 Å². The molecule has 122 valence electrons. The normalized spacial score (nSPS) is 17.1. The molecule has 3 aromatic rings. The first-order valence-corrected chi connectivity index (χ1v) is 9.18. The van der Waals surface area contributed by atoms with Crippen LogP contribution in [0.1, 0.15) is 45.0 Å². The second kappa shape index (κ2) is 5.71. The van der Waals surface area contributed by atoms with E-state index < -0.39 is 0 Å². The number of thiophene rings is 1. The molecular weight excluding hydrogens is 316 g/mol. The maximum Gasteiger partial charge on any atom is 0.255 e. The summed E-state index contributed by atoms with van der Waals surface area (Å²) in [4.78, 5) is 21.3. The van der Waals surface area contributed by atoms with E-state index in [-0.39, 0.29) is 11.9 Å². The van der Waals surface area contributed by atoms with Gasteiger partial charge >= 0.3 is 0 Å². The Labute approximate surface area is 146 Å². The van der Waals surface area contributed by atoms with E-state index in [1.807, 2.05) is 30.0 Å². The van der Waals surface area contributed by atoms with E-state index in [1.165, 1.54) is 10.4 Å². The molecule has 1 unspecified atom stereocenters.